The van der Waals surface area contributed by atoms with E-state index >= 15 is 0 Å². The monoisotopic (exact) mass is 447 g/mol. The predicted octanol–water partition coefficient (Wildman–Crippen LogP) is 5.57. The van der Waals surface area contributed by atoms with E-state index in [-0.39, 0.29) is 0 Å². The molecule has 1 aliphatic heterocycles. The van der Waals surface area contributed by atoms with Crippen molar-refractivity contribution in [3.05, 3.63) is 71.0 Å². The third kappa shape index (κ3) is 4.61. The quantitative estimate of drug-likeness (QED) is 0.416. The molecule has 5 rings (SSSR count). The van der Waals surface area contributed by atoms with Crippen molar-refractivity contribution in [3.63, 3.8) is 0 Å². The minimum absolute atomic E-state index is 0.486. The Labute approximate surface area is 192 Å². The van der Waals surface area contributed by atoms with E-state index in [0.717, 1.165) is 48.6 Å². The van der Waals surface area contributed by atoms with Gasteiger partial charge in [0.25, 0.3) is 5.71 Å². The Bertz CT molecular complexity index is 1180. The van der Waals surface area contributed by atoms with Crippen LogP contribution in [0.4, 0.5) is 5.82 Å². The number of likely N-dealkylation sites (tertiary alicyclic amines) is 1. The van der Waals surface area contributed by atoms with Crippen molar-refractivity contribution >= 4 is 28.5 Å². The van der Waals surface area contributed by atoms with Crippen LogP contribution in [0.25, 0.3) is 22.4 Å². The molecule has 0 amide bonds. The summed E-state index contributed by atoms with van der Waals surface area (Å²) in [5.41, 5.74) is 4.84. The maximum absolute atomic E-state index is 6.04. The SMILES string of the molecule is Cc1ccc(CN2CCC(CNc3ncnc4onc(-c5ccc(Cl)cc5)c34)CC2)cc1. The normalized spacial score (nSPS) is 15.3. The highest BCUT2D eigenvalue weighted by molar-refractivity contribution is 6.30. The van der Waals surface area contributed by atoms with Gasteiger partial charge in [-0.1, -0.05) is 58.7 Å². The Morgan fingerprint density at radius 1 is 1.03 bits per heavy atom. The largest absolute Gasteiger partial charge is 0.369 e. The molecular formula is C25H26ClN5O. The van der Waals surface area contributed by atoms with Crippen LogP contribution in [0.3, 0.4) is 0 Å². The number of rotatable bonds is 6. The van der Waals surface area contributed by atoms with Gasteiger partial charge in [-0.3, -0.25) is 4.90 Å². The van der Waals surface area contributed by atoms with Crippen molar-refractivity contribution < 1.29 is 4.52 Å². The topological polar surface area (TPSA) is 67.1 Å². The first-order valence-corrected chi connectivity index (χ1v) is 11.4. The zero-order valence-electron chi connectivity index (χ0n) is 18.1. The molecule has 0 aliphatic carbocycles. The van der Waals surface area contributed by atoms with Gasteiger partial charge in [0.2, 0.25) is 0 Å². The van der Waals surface area contributed by atoms with Gasteiger partial charge < -0.3 is 9.84 Å². The first kappa shape index (κ1) is 20.9. The second-order valence-electron chi connectivity index (χ2n) is 8.53. The fourth-order valence-corrected chi connectivity index (χ4v) is 4.39. The van der Waals surface area contributed by atoms with E-state index in [9.17, 15) is 0 Å². The molecule has 1 saturated heterocycles. The highest BCUT2D eigenvalue weighted by Crippen LogP contribution is 2.32. The van der Waals surface area contributed by atoms with Gasteiger partial charge in [0.15, 0.2) is 0 Å². The van der Waals surface area contributed by atoms with Crippen molar-refractivity contribution in [3.8, 4) is 11.3 Å². The average molecular weight is 448 g/mol. The minimum atomic E-state index is 0.486. The zero-order chi connectivity index (χ0) is 21.9. The zero-order valence-corrected chi connectivity index (χ0v) is 18.8. The lowest BCUT2D eigenvalue weighted by Gasteiger charge is -2.32. The number of aryl methyl sites for hydroxylation is 1. The van der Waals surface area contributed by atoms with Gasteiger partial charge in [0.05, 0.1) is 0 Å². The maximum atomic E-state index is 6.04. The van der Waals surface area contributed by atoms with Gasteiger partial charge in [0.1, 0.15) is 23.2 Å². The van der Waals surface area contributed by atoms with Gasteiger partial charge in [-0.05, 0) is 56.5 Å². The van der Waals surface area contributed by atoms with Gasteiger partial charge in [-0.25, -0.2) is 4.98 Å². The molecule has 32 heavy (non-hydrogen) atoms. The van der Waals surface area contributed by atoms with Gasteiger partial charge in [-0.2, -0.15) is 4.98 Å². The molecule has 2 aromatic carbocycles. The van der Waals surface area contributed by atoms with Crippen LogP contribution in [0.1, 0.15) is 24.0 Å². The van der Waals surface area contributed by atoms with Crippen LogP contribution in [-0.4, -0.2) is 39.7 Å². The molecule has 0 spiro atoms. The highest BCUT2D eigenvalue weighted by Gasteiger charge is 2.21. The lowest BCUT2D eigenvalue weighted by Crippen LogP contribution is -2.35. The number of nitrogens with zero attached hydrogens (tertiary/aromatic N) is 4. The highest BCUT2D eigenvalue weighted by atomic mass is 35.5. The molecular weight excluding hydrogens is 422 g/mol. The van der Waals surface area contributed by atoms with Crippen molar-refractivity contribution in [2.45, 2.75) is 26.3 Å². The Hall–Kier alpha value is -2.96. The fraction of sp³-hybridized carbons (Fsp3) is 0.320. The molecule has 2 aromatic heterocycles. The van der Waals surface area contributed by atoms with Crippen molar-refractivity contribution in [2.75, 3.05) is 25.0 Å². The summed E-state index contributed by atoms with van der Waals surface area (Å²) in [6.45, 7) is 6.25. The molecule has 0 radical (unpaired) electrons. The van der Waals surface area contributed by atoms with Gasteiger partial charge in [0, 0.05) is 23.7 Å². The first-order valence-electron chi connectivity index (χ1n) is 11.0. The molecule has 0 bridgehead atoms. The molecule has 1 aliphatic rings. The van der Waals surface area contributed by atoms with Crippen LogP contribution >= 0.6 is 11.6 Å². The van der Waals surface area contributed by atoms with Crippen molar-refractivity contribution in [1.29, 1.82) is 0 Å². The van der Waals surface area contributed by atoms with Crippen LogP contribution in [0.2, 0.25) is 5.02 Å². The fourth-order valence-electron chi connectivity index (χ4n) is 4.27. The second-order valence-corrected chi connectivity index (χ2v) is 8.96. The van der Waals surface area contributed by atoms with Crippen molar-refractivity contribution in [1.82, 2.24) is 20.0 Å². The summed E-state index contributed by atoms with van der Waals surface area (Å²) < 4.78 is 5.46. The third-order valence-electron chi connectivity index (χ3n) is 6.18. The molecule has 1 N–H and O–H groups in total. The third-order valence-corrected chi connectivity index (χ3v) is 6.43. The molecule has 3 heterocycles. The van der Waals surface area contributed by atoms with E-state index in [1.54, 1.807) is 0 Å². The molecule has 6 nitrogen and oxygen atoms in total. The summed E-state index contributed by atoms with van der Waals surface area (Å²) in [6, 6.07) is 16.4. The number of halogens is 1. The number of benzene rings is 2. The van der Waals surface area contributed by atoms with Crippen molar-refractivity contribution in [2.24, 2.45) is 5.92 Å². The Kier molecular flexibility index (Phi) is 6.06. The number of piperidine rings is 1. The molecule has 0 saturated carbocycles. The van der Waals surface area contributed by atoms with E-state index in [2.05, 4.69) is 56.5 Å². The number of hydrogen-bond acceptors (Lipinski definition) is 6. The smallest absolute Gasteiger partial charge is 0.263 e. The maximum Gasteiger partial charge on any atom is 0.263 e. The van der Waals surface area contributed by atoms with E-state index in [1.807, 2.05) is 24.3 Å². The number of anilines is 1. The molecule has 0 unspecified atom stereocenters. The van der Waals surface area contributed by atoms with E-state index < -0.39 is 0 Å². The Balaban J connectivity index is 1.23. The van der Waals surface area contributed by atoms with Crippen LogP contribution in [-0.2, 0) is 6.54 Å². The molecule has 4 aromatic rings. The summed E-state index contributed by atoms with van der Waals surface area (Å²) in [6.07, 6.45) is 3.85. The molecule has 7 heteroatoms. The van der Waals surface area contributed by atoms with E-state index in [4.69, 9.17) is 16.1 Å². The van der Waals surface area contributed by atoms with Gasteiger partial charge >= 0.3 is 0 Å². The van der Waals surface area contributed by atoms with Crippen LogP contribution in [0.15, 0.2) is 59.4 Å². The molecule has 0 atom stereocenters. The lowest BCUT2D eigenvalue weighted by atomic mass is 9.96. The Morgan fingerprint density at radius 2 is 1.78 bits per heavy atom. The molecule has 164 valence electrons. The summed E-state index contributed by atoms with van der Waals surface area (Å²) in [5.74, 6) is 1.37. The number of nitrogens with one attached hydrogen (secondary N) is 1. The Morgan fingerprint density at radius 3 is 2.53 bits per heavy atom. The van der Waals surface area contributed by atoms with Gasteiger partial charge in [-0.15, -0.1) is 0 Å². The predicted molar refractivity (Wildman–Crippen MR) is 128 cm³/mol. The summed E-state index contributed by atoms with van der Waals surface area (Å²) in [4.78, 5) is 11.3. The van der Waals surface area contributed by atoms with Crippen LogP contribution in [0.5, 0.6) is 0 Å². The minimum Gasteiger partial charge on any atom is -0.369 e. The molecule has 1 fully saturated rings. The van der Waals surface area contributed by atoms with Crippen LogP contribution in [0, 0.1) is 12.8 Å². The summed E-state index contributed by atoms with van der Waals surface area (Å²) in [5, 5.41) is 9.28. The number of fused-ring (bicyclic) bond motifs is 1. The number of hydrogen-bond donors (Lipinski definition) is 1. The van der Waals surface area contributed by atoms with E-state index in [1.165, 1.54) is 30.3 Å². The number of aromatic nitrogens is 3. The summed E-state index contributed by atoms with van der Waals surface area (Å²) >= 11 is 6.04. The lowest BCUT2D eigenvalue weighted by molar-refractivity contribution is 0.182. The standard InChI is InChI=1S/C25H26ClN5O/c1-17-2-4-19(5-3-17)15-31-12-10-18(11-13-31)14-27-24-22-23(20-6-8-21(26)9-7-20)30-32-25(22)29-16-28-24/h2-9,16,18H,10-15H2,1H3,(H,27,28,29). The summed E-state index contributed by atoms with van der Waals surface area (Å²) in [7, 11) is 0. The second kappa shape index (κ2) is 9.27. The average Bonchev–Trinajstić information content (AvgIpc) is 3.25. The van der Waals surface area contributed by atoms with E-state index in [0.29, 0.717) is 16.7 Å². The first-order chi connectivity index (χ1) is 15.7. The van der Waals surface area contributed by atoms with Crippen LogP contribution < -0.4 is 5.32 Å².